The number of unbranched alkanes of at least 4 members (excludes halogenated alkanes) is 44. The molecule has 0 saturated heterocycles. The molecule has 0 radical (unpaired) electrons. The Hall–Kier alpha value is -1.25. The SMILES string of the molecule is CCCCCCCC/C=C\CCCCCCCCCCCC(=O)OC(COC(=O)CCCCCCCCCCCCCCCCCCCCCCCCCCCCCCCC)COP(=O)(O)OCCN. The van der Waals surface area contributed by atoms with E-state index in [0.29, 0.717) is 6.42 Å². The molecule has 0 aliphatic heterocycles. The van der Waals surface area contributed by atoms with Crippen molar-refractivity contribution in [2.75, 3.05) is 26.4 Å². The van der Waals surface area contributed by atoms with Gasteiger partial charge in [0.25, 0.3) is 0 Å². The van der Waals surface area contributed by atoms with Crippen LogP contribution >= 0.6 is 7.82 Å². The minimum Gasteiger partial charge on any atom is -0.462 e. The summed E-state index contributed by atoms with van der Waals surface area (Å²) in [6, 6.07) is 0. The highest BCUT2D eigenvalue weighted by Gasteiger charge is 2.26. The molecule has 0 bridgehead atoms. The molecule has 10 heteroatoms. The summed E-state index contributed by atoms with van der Waals surface area (Å²) in [5, 5.41) is 0. The van der Waals surface area contributed by atoms with Crippen molar-refractivity contribution in [2.24, 2.45) is 5.73 Å². The second-order valence-electron chi connectivity index (χ2n) is 20.9. The molecule has 0 amide bonds. The fourth-order valence-corrected chi connectivity index (χ4v) is 10.1. The molecular formula is C60H118NO8P. The predicted octanol–water partition coefficient (Wildman–Crippen LogP) is 19.2. The first-order valence-electron chi connectivity index (χ1n) is 30.7. The lowest BCUT2D eigenvalue weighted by molar-refractivity contribution is -0.161. The zero-order valence-electron chi connectivity index (χ0n) is 46.5. The number of rotatable bonds is 59. The van der Waals surface area contributed by atoms with Crippen molar-refractivity contribution in [3.05, 3.63) is 12.2 Å². The Labute approximate surface area is 434 Å². The van der Waals surface area contributed by atoms with Crippen LogP contribution in [0.3, 0.4) is 0 Å². The highest BCUT2D eigenvalue weighted by Crippen LogP contribution is 2.43. The standard InChI is InChI=1S/C60H118NO8P/c1-3-5-7-9-11-13-15-17-19-21-23-24-25-26-27-28-29-30-31-32-33-35-36-38-40-42-44-46-48-50-52-59(62)66-56-58(57-68-70(64,65)67-55-54-61)69-60(63)53-51-49-47-45-43-41-39-37-34-22-20-18-16-14-12-10-8-6-4-2/h18,20,58H,3-17,19,21-57,61H2,1-2H3,(H,64,65)/b20-18-. The number of hydrogen-bond donors (Lipinski definition) is 2. The molecule has 0 spiro atoms. The van der Waals surface area contributed by atoms with Gasteiger partial charge in [0.2, 0.25) is 0 Å². The third-order valence-corrected chi connectivity index (χ3v) is 14.9. The van der Waals surface area contributed by atoms with Crippen LogP contribution in [0, 0.1) is 0 Å². The number of carbonyl (C=O) groups excluding carboxylic acids is 2. The van der Waals surface area contributed by atoms with Gasteiger partial charge in [-0.2, -0.15) is 0 Å². The van der Waals surface area contributed by atoms with E-state index in [1.165, 1.54) is 257 Å². The topological polar surface area (TPSA) is 134 Å². The summed E-state index contributed by atoms with van der Waals surface area (Å²) < 4.78 is 33.1. The summed E-state index contributed by atoms with van der Waals surface area (Å²) in [4.78, 5) is 35.2. The van der Waals surface area contributed by atoms with Crippen molar-refractivity contribution >= 4 is 19.8 Å². The highest BCUT2D eigenvalue weighted by molar-refractivity contribution is 7.47. The lowest BCUT2D eigenvalue weighted by Gasteiger charge is -2.19. The fourth-order valence-electron chi connectivity index (χ4n) is 9.34. The molecular weight excluding hydrogens is 894 g/mol. The average Bonchev–Trinajstić information content (AvgIpc) is 3.35. The van der Waals surface area contributed by atoms with Crippen molar-refractivity contribution in [3.8, 4) is 0 Å². The van der Waals surface area contributed by atoms with E-state index < -0.39 is 26.5 Å². The fraction of sp³-hybridized carbons (Fsp3) is 0.933. The van der Waals surface area contributed by atoms with E-state index in [1.54, 1.807) is 0 Å². The molecule has 3 N–H and O–H groups in total. The minimum absolute atomic E-state index is 0.0565. The summed E-state index contributed by atoms with van der Waals surface area (Å²) in [6.45, 7) is 3.81. The molecule has 0 aliphatic carbocycles. The van der Waals surface area contributed by atoms with E-state index in [2.05, 4.69) is 26.0 Å². The molecule has 0 aromatic carbocycles. The van der Waals surface area contributed by atoms with Gasteiger partial charge in [0.1, 0.15) is 6.61 Å². The number of phosphoric acid groups is 1. The molecule has 2 atom stereocenters. The zero-order chi connectivity index (χ0) is 51.0. The second kappa shape index (κ2) is 57.0. The van der Waals surface area contributed by atoms with Gasteiger partial charge in [0.05, 0.1) is 13.2 Å². The van der Waals surface area contributed by atoms with Crippen molar-refractivity contribution < 1.29 is 37.6 Å². The zero-order valence-corrected chi connectivity index (χ0v) is 47.4. The Kier molecular flexibility index (Phi) is 56.0. The Bertz CT molecular complexity index is 1150. The van der Waals surface area contributed by atoms with Crippen molar-refractivity contribution in [1.29, 1.82) is 0 Å². The molecule has 416 valence electrons. The van der Waals surface area contributed by atoms with Crippen LogP contribution in [0.25, 0.3) is 0 Å². The number of allylic oxidation sites excluding steroid dienone is 2. The van der Waals surface area contributed by atoms with E-state index in [0.717, 1.165) is 38.5 Å². The normalized spacial score (nSPS) is 13.0. The van der Waals surface area contributed by atoms with E-state index in [-0.39, 0.29) is 38.6 Å². The van der Waals surface area contributed by atoms with Crippen LogP contribution in [0.4, 0.5) is 0 Å². The van der Waals surface area contributed by atoms with Crippen LogP contribution in [-0.2, 0) is 32.7 Å². The summed E-state index contributed by atoms with van der Waals surface area (Å²) in [5.74, 6) is -0.809. The van der Waals surface area contributed by atoms with Crippen molar-refractivity contribution in [2.45, 2.75) is 335 Å². The van der Waals surface area contributed by atoms with Gasteiger partial charge in [0.15, 0.2) is 6.10 Å². The van der Waals surface area contributed by atoms with Crippen LogP contribution in [0.2, 0.25) is 0 Å². The first-order valence-corrected chi connectivity index (χ1v) is 32.2. The van der Waals surface area contributed by atoms with Crippen LogP contribution < -0.4 is 5.73 Å². The van der Waals surface area contributed by atoms with E-state index >= 15 is 0 Å². The van der Waals surface area contributed by atoms with Crippen molar-refractivity contribution in [1.82, 2.24) is 0 Å². The summed E-state index contributed by atoms with van der Waals surface area (Å²) in [7, 11) is -4.38. The molecule has 2 unspecified atom stereocenters. The van der Waals surface area contributed by atoms with Gasteiger partial charge in [-0.15, -0.1) is 0 Å². The van der Waals surface area contributed by atoms with Gasteiger partial charge in [-0.3, -0.25) is 18.6 Å². The molecule has 0 aromatic rings. The molecule has 0 aromatic heterocycles. The quantitative estimate of drug-likeness (QED) is 0.0264. The lowest BCUT2D eigenvalue weighted by Crippen LogP contribution is -2.29. The predicted molar refractivity (Wildman–Crippen MR) is 298 cm³/mol. The summed E-state index contributed by atoms with van der Waals surface area (Å²) in [6.07, 6.45) is 65.7. The number of carbonyl (C=O) groups is 2. The molecule has 0 rings (SSSR count). The molecule has 9 nitrogen and oxygen atoms in total. The third-order valence-electron chi connectivity index (χ3n) is 13.9. The average molecular weight is 1010 g/mol. The Balaban J connectivity index is 3.84. The largest absolute Gasteiger partial charge is 0.472 e. The Morgan fingerprint density at radius 3 is 1.01 bits per heavy atom. The van der Waals surface area contributed by atoms with Crippen LogP contribution in [0.5, 0.6) is 0 Å². The minimum atomic E-state index is -4.38. The Morgan fingerprint density at radius 2 is 0.700 bits per heavy atom. The summed E-state index contributed by atoms with van der Waals surface area (Å²) >= 11 is 0. The van der Waals surface area contributed by atoms with Gasteiger partial charge in [-0.25, -0.2) is 4.57 Å². The van der Waals surface area contributed by atoms with Gasteiger partial charge in [-0.05, 0) is 38.5 Å². The second-order valence-corrected chi connectivity index (χ2v) is 22.4. The summed E-state index contributed by atoms with van der Waals surface area (Å²) in [5.41, 5.74) is 5.38. The molecule has 70 heavy (non-hydrogen) atoms. The van der Waals surface area contributed by atoms with Crippen LogP contribution in [0.15, 0.2) is 12.2 Å². The van der Waals surface area contributed by atoms with Crippen LogP contribution in [-0.4, -0.2) is 49.3 Å². The monoisotopic (exact) mass is 1010 g/mol. The lowest BCUT2D eigenvalue weighted by atomic mass is 10.0. The van der Waals surface area contributed by atoms with E-state index in [4.69, 9.17) is 24.3 Å². The highest BCUT2D eigenvalue weighted by atomic mass is 31.2. The third kappa shape index (κ3) is 56.1. The number of phosphoric ester groups is 1. The maximum atomic E-state index is 12.7. The first kappa shape index (κ1) is 68.8. The maximum Gasteiger partial charge on any atom is 0.472 e. The van der Waals surface area contributed by atoms with Gasteiger partial charge < -0.3 is 20.1 Å². The molecule has 0 aliphatic rings. The Morgan fingerprint density at radius 1 is 0.414 bits per heavy atom. The van der Waals surface area contributed by atoms with Gasteiger partial charge >= 0.3 is 19.8 Å². The smallest absolute Gasteiger partial charge is 0.462 e. The first-order chi connectivity index (χ1) is 34.3. The van der Waals surface area contributed by atoms with E-state index in [1.807, 2.05) is 0 Å². The number of nitrogens with two attached hydrogens (primary N) is 1. The molecule has 0 fully saturated rings. The van der Waals surface area contributed by atoms with Crippen LogP contribution in [0.1, 0.15) is 328 Å². The number of esters is 2. The van der Waals surface area contributed by atoms with Gasteiger partial charge in [-0.1, -0.05) is 289 Å². The maximum absolute atomic E-state index is 12.7. The number of hydrogen-bond acceptors (Lipinski definition) is 8. The molecule has 0 saturated carbocycles. The van der Waals surface area contributed by atoms with Gasteiger partial charge in [0, 0.05) is 19.4 Å². The number of ether oxygens (including phenoxy) is 2. The van der Waals surface area contributed by atoms with Crippen molar-refractivity contribution in [3.63, 3.8) is 0 Å². The molecule has 0 heterocycles. The van der Waals surface area contributed by atoms with E-state index in [9.17, 15) is 19.0 Å².